The normalized spacial score (nSPS) is 14.2. The minimum absolute atomic E-state index is 0.0296. The maximum absolute atomic E-state index is 5.28. The first-order valence-corrected chi connectivity index (χ1v) is 2.48. The average Bonchev–Trinajstić information content (AvgIpc) is 1.38. The van der Waals surface area contributed by atoms with Gasteiger partial charge in [-0.2, -0.15) is 0 Å². The van der Waals surface area contributed by atoms with E-state index >= 15 is 0 Å². The molecule has 0 aromatic carbocycles. The molecule has 0 fully saturated rings. The second kappa shape index (κ2) is 2.91. The Morgan fingerprint density at radius 1 is 2.00 bits per heavy atom. The van der Waals surface area contributed by atoms with Crippen molar-refractivity contribution in [2.75, 3.05) is 0 Å². The van der Waals surface area contributed by atoms with E-state index in [4.69, 9.17) is 11.6 Å². The van der Waals surface area contributed by atoms with Crippen molar-refractivity contribution in [2.45, 2.75) is 3.85 Å². The molecular formula is C3H4ClPd. The summed E-state index contributed by atoms with van der Waals surface area (Å²) < 4.78 is -0.0296. The summed E-state index contributed by atoms with van der Waals surface area (Å²) in [4.78, 5) is 0. The Labute approximate surface area is 47.6 Å². The van der Waals surface area contributed by atoms with Gasteiger partial charge in [0.15, 0.2) is 0 Å². The first-order valence-electron chi connectivity index (χ1n) is 1.14. The number of hydrogen-bond donors (Lipinski definition) is 0. The van der Waals surface area contributed by atoms with E-state index in [-0.39, 0.29) is 3.85 Å². The van der Waals surface area contributed by atoms with Crippen LogP contribution in [0.25, 0.3) is 0 Å². The summed E-state index contributed by atoms with van der Waals surface area (Å²) in [5.74, 6) is 0. The molecule has 33 valence electrons. The summed E-state index contributed by atoms with van der Waals surface area (Å²) in [6.45, 7) is 3.39. The monoisotopic (exact) mass is 181 g/mol. The predicted molar refractivity (Wildman–Crippen MR) is 19.8 cm³/mol. The molecule has 0 aromatic rings. The van der Waals surface area contributed by atoms with Gasteiger partial charge in [0.1, 0.15) is 0 Å². The van der Waals surface area contributed by atoms with Crippen LogP contribution in [-0.4, -0.2) is 3.85 Å². The molecule has 0 heterocycles. The zero-order chi connectivity index (χ0) is 4.28. The molecule has 0 amide bonds. The van der Waals surface area contributed by atoms with Gasteiger partial charge < -0.3 is 0 Å². The fourth-order valence-corrected chi connectivity index (χ4v) is 0. The second-order valence-electron chi connectivity index (χ2n) is 0.536. The van der Waals surface area contributed by atoms with Gasteiger partial charge in [-0.05, 0) is 0 Å². The predicted octanol–water partition coefficient (Wildman–Crippen LogP) is 1.28. The van der Waals surface area contributed by atoms with Gasteiger partial charge in [0, 0.05) is 0 Å². The van der Waals surface area contributed by atoms with Crippen LogP contribution < -0.4 is 0 Å². The first-order chi connectivity index (χ1) is 2.27. The van der Waals surface area contributed by atoms with Gasteiger partial charge in [-0.25, -0.2) is 0 Å². The summed E-state index contributed by atoms with van der Waals surface area (Å²) in [7, 11) is 0. The standard InChI is InChI=1S/C3H4Cl.Pd/c1-2-3-4;/h2-3H,1H2;. The molecule has 0 aliphatic heterocycles. The molecule has 0 bridgehead atoms. The minimum atomic E-state index is -0.0296. The van der Waals surface area contributed by atoms with Crippen LogP contribution in [0.5, 0.6) is 0 Å². The van der Waals surface area contributed by atoms with Crippen LogP contribution >= 0.6 is 11.6 Å². The maximum atomic E-state index is 5.28. The molecule has 1 atom stereocenters. The van der Waals surface area contributed by atoms with E-state index in [1.165, 1.54) is 0 Å². The van der Waals surface area contributed by atoms with E-state index < -0.39 is 0 Å². The molecule has 0 spiro atoms. The van der Waals surface area contributed by atoms with Gasteiger partial charge in [0.25, 0.3) is 0 Å². The van der Waals surface area contributed by atoms with Crippen molar-refractivity contribution in [1.82, 2.24) is 0 Å². The van der Waals surface area contributed by atoms with Gasteiger partial charge >= 0.3 is 47.3 Å². The van der Waals surface area contributed by atoms with Crippen LogP contribution in [0.4, 0.5) is 0 Å². The molecule has 0 aromatic heterocycles. The molecule has 0 aliphatic carbocycles. The fourth-order valence-electron chi connectivity index (χ4n) is 0. The van der Waals surface area contributed by atoms with Crippen LogP contribution in [0.15, 0.2) is 12.7 Å². The Hall–Kier alpha value is 0.692. The fraction of sp³-hybridized carbons (Fsp3) is 0.333. The zero-order valence-electron chi connectivity index (χ0n) is 2.56. The summed E-state index contributed by atoms with van der Waals surface area (Å²) in [6, 6.07) is 0. The Bertz CT molecular complexity index is 33.9. The molecule has 0 N–H and O–H groups in total. The van der Waals surface area contributed by atoms with E-state index in [0.717, 1.165) is 0 Å². The Kier molecular flexibility index (Phi) is 3.31. The van der Waals surface area contributed by atoms with E-state index in [0.29, 0.717) is 0 Å². The van der Waals surface area contributed by atoms with Crippen molar-refractivity contribution < 1.29 is 19.2 Å². The third-order valence-corrected chi connectivity index (χ3v) is 0.708. The Morgan fingerprint density at radius 3 is 2.20 bits per heavy atom. The van der Waals surface area contributed by atoms with Gasteiger partial charge in [0.2, 0.25) is 0 Å². The molecule has 0 saturated heterocycles. The van der Waals surface area contributed by atoms with E-state index in [1.807, 2.05) is 0 Å². The van der Waals surface area contributed by atoms with Crippen molar-refractivity contribution in [1.29, 1.82) is 0 Å². The van der Waals surface area contributed by atoms with Crippen molar-refractivity contribution in [3.63, 3.8) is 0 Å². The van der Waals surface area contributed by atoms with Crippen LogP contribution in [0.3, 0.4) is 0 Å². The molecule has 5 heavy (non-hydrogen) atoms. The number of halogens is 1. The number of rotatable bonds is 1. The quantitative estimate of drug-likeness (QED) is 0.325. The summed E-state index contributed by atoms with van der Waals surface area (Å²) in [5.41, 5.74) is 0. The van der Waals surface area contributed by atoms with E-state index in [2.05, 4.69) is 25.8 Å². The molecule has 0 aliphatic rings. The number of alkyl halides is 1. The SMILES string of the molecule is C=C[CH](Cl)[Pd]. The van der Waals surface area contributed by atoms with Gasteiger partial charge in [-0.1, -0.05) is 0 Å². The number of hydrogen-bond acceptors (Lipinski definition) is 0. The average molecular weight is 182 g/mol. The second-order valence-corrected chi connectivity index (χ2v) is 2.46. The zero-order valence-corrected chi connectivity index (χ0v) is 4.87. The van der Waals surface area contributed by atoms with Crippen LogP contribution in [0.2, 0.25) is 0 Å². The molecular weight excluding hydrogens is 178 g/mol. The molecule has 0 radical (unpaired) electrons. The Balaban J connectivity index is 2.83. The van der Waals surface area contributed by atoms with Crippen molar-refractivity contribution in [3.05, 3.63) is 12.7 Å². The molecule has 0 saturated carbocycles. The third-order valence-electron chi connectivity index (χ3n) is 0.164. The van der Waals surface area contributed by atoms with Crippen molar-refractivity contribution in [2.24, 2.45) is 0 Å². The number of allylic oxidation sites excluding steroid dienone is 1. The van der Waals surface area contributed by atoms with Crippen LogP contribution in [0.1, 0.15) is 0 Å². The topological polar surface area (TPSA) is 0 Å². The molecule has 2 heteroatoms. The summed E-state index contributed by atoms with van der Waals surface area (Å²) in [5, 5.41) is 0. The van der Waals surface area contributed by atoms with Gasteiger partial charge in [-0.3, -0.25) is 0 Å². The van der Waals surface area contributed by atoms with Crippen LogP contribution in [-0.2, 0) is 19.2 Å². The first kappa shape index (κ1) is 5.69. The molecule has 1 unspecified atom stereocenters. The van der Waals surface area contributed by atoms with Crippen molar-refractivity contribution in [3.8, 4) is 0 Å². The Morgan fingerprint density at radius 2 is 2.20 bits per heavy atom. The van der Waals surface area contributed by atoms with Gasteiger partial charge in [0.05, 0.1) is 0 Å². The van der Waals surface area contributed by atoms with Gasteiger partial charge in [-0.15, -0.1) is 0 Å². The molecule has 0 rings (SSSR count). The third kappa shape index (κ3) is 4.69. The van der Waals surface area contributed by atoms with Crippen LogP contribution in [0, 0.1) is 0 Å². The summed E-state index contributed by atoms with van der Waals surface area (Å²) in [6.07, 6.45) is 1.62. The van der Waals surface area contributed by atoms with E-state index in [9.17, 15) is 0 Å². The molecule has 0 nitrogen and oxygen atoms in total. The van der Waals surface area contributed by atoms with Crippen molar-refractivity contribution >= 4 is 11.6 Å². The summed E-state index contributed by atoms with van der Waals surface area (Å²) >= 11 is 8.07. The van der Waals surface area contributed by atoms with E-state index in [1.54, 1.807) is 6.08 Å².